The highest BCUT2D eigenvalue weighted by Crippen LogP contribution is 2.51. The first-order valence-electron chi connectivity index (χ1n) is 10.4. The molecule has 2 heterocycles. The minimum absolute atomic E-state index is 0.144. The number of amides is 1. The third-order valence-corrected chi connectivity index (χ3v) is 6.55. The van der Waals surface area contributed by atoms with Gasteiger partial charge in [0.05, 0.1) is 5.52 Å². The van der Waals surface area contributed by atoms with Crippen LogP contribution in [0.15, 0.2) is 54.6 Å². The average Bonchev–Trinajstić information content (AvgIpc) is 3.11. The van der Waals surface area contributed by atoms with Crippen molar-refractivity contribution in [1.82, 2.24) is 25.4 Å². The van der Waals surface area contributed by atoms with Gasteiger partial charge in [0, 0.05) is 26.2 Å². The number of nitrogens with one attached hydrogen (secondary N) is 1. The SMILES string of the molecule is O=C(NCC1CN(Cc2ccccc2)CC12CCC2)c1nnc2ccccc2n1. The third-order valence-electron chi connectivity index (χ3n) is 6.55. The highest BCUT2D eigenvalue weighted by molar-refractivity contribution is 5.91. The number of fused-ring (bicyclic) bond motifs is 1. The topological polar surface area (TPSA) is 71.0 Å². The van der Waals surface area contributed by atoms with Crippen molar-refractivity contribution < 1.29 is 4.79 Å². The zero-order valence-corrected chi connectivity index (χ0v) is 16.4. The van der Waals surface area contributed by atoms with Gasteiger partial charge >= 0.3 is 0 Å². The molecule has 0 bridgehead atoms. The van der Waals surface area contributed by atoms with Crippen LogP contribution in [0, 0.1) is 11.3 Å². The van der Waals surface area contributed by atoms with Crippen molar-refractivity contribution in [2.75, 3.05) is 19.6 Å². The lowest BCUT2D eigenvalue weighted by molar-refractivity contribution is 0.0798. The van der Waals surface area contributed by atoms with E-state index >= 15 is 0 Å². The Morgan fingerprint density at radius 3 is 2.55 bits per heavy atom. The van der Waals surface area contributed by atoms with Gasteiger partial charge in [-0.25, -0.2) is 4.98 Å². The van der Waals surface area contributed by atoms with Crippen LogP contribution in [-0.4, -0.2) is 45.6 Å². The molecule has 1 saturated heterocycles. The van der Waals surface area contributed by atoms with Crippen LogP contribution in [0.2, 0.25) is 0 Å². The molecule has 1 aliphatic carbocycles. The number of hydrogen-bond donors (Lipinski definition) is 1. The highest BCUT2D eigenvalue weighted by atomic mass is 16.2. The minimum atomic E-state index is -0.237. The first-order valence-corrected chi connectivity index (χ1v) is 10.4. The van der Waals surface area contributed by atoms with Crippen LogP contribution in [0.4, 0.5) is 0 Å². The molecule has 1 amide bonds. The normalized spacial score (nSPS) is 20.6. The molecule has 148 valence electrons. The smallest absolute Gasteiger partial charge is 0.291 e. The van der Waals surface area contributed by atoms with Crippen molar-refractivity contribution in [3.63, 3.8) is 0 Å². The van der Waals surface area contributed by atoms with Crippen LogP contribution < -0.4 is 5.32 Å². The van der Waals surface area contributed by atoms with E-state index in [1.165, 1.54) is 24.8 Å². The molecule has 1 spiro atoms. The van der Waals surface area contributed by atoms with Gasteiger partial charge in [0.15, 0.2) is 0 Å². The molecule has 2 aliphatic rings. The number of aromatic nitrogens is 3. The van der Waals surface area contributed by atoms with Crippen LogP contribution in [-0.2, 0) is 6.54 Å². The molecule has 1 N–H and O–H groups in total. The van der Waals surface area contributed by atoms with Gasteiger partial charge in [-0.15, -0.1) is 10.2 Å². The second kappa shape index (κ2) is 7.52. The van der Waals surface area contributed by atoms with Gasteiger partial charge < -0.3 is 5.32 Å². The van der Waals surface area contributed by atoms with Crippen molar-refractivity contribution in [1.29, 1.82) is 0 Å². The van der Waals surface area contributed by atoms with Crippen molar-refractivity contribution in [2.45, 2.75) is 25.8 Å². The van der Waals surface area contributed by atoms with Crippen LogP contribution in [0.25, 0.3) is 11.0 Å². The van der Waals surface area contributed by atoms with E-state index in [2.05, 4.69) is 55.7 Å². The third kappa shape index (κ3) is 3.60. The molecule has 3 aromatic rings. The fourth-order valence-electron chi connectivity index (χ4n) is 4.86. The van der Waals surface area contributed by atoms with Crippen molar-refractivity contribution in [2.24, 2.45) is 11.3 Å². The molecule has 29 heavy (non-hydrogen) atoms. The van der Waals surface area contributed by atoms with E-state index in [1.807, 2.05) is 24.3 Å². The van der Waals surface area contributed by atoms with E-state index in [0.29, 0.717) is 28.9 Å². The molecule has 2 aromatic carbocycles. The zero-order valence-electron chi connectivity index (χ0n) is 16.4. The highest BCUT2D eigenvalue weighted by Gasteiger charge is 2.49. The summed E-state index contributed by atoms with van der Waals surface area (Å²) >= 11 is 0. The van der Waals surface area contributed by atoms with E-state index in [-0.39, 0.29) is 11.7 Å². The molecule has 6 heteroatoms. The maximum absolute atomic E-state index is 12.6. The first kappa shape index (κ1) is 18.2. The molecule has 1 aromatic heterocycles. The number of nitrogens with zero attached hydrogens (tertiary/aromatic N) is 4. The van der Waals surface area contributed by atoms with Crippen molar-refractivity contribution >= 4 is 16.9 Å². The Balaban J connectivity index is 1.24. The van der Waals surface area contributed by atoms with E-state index in [1.54, 1.807) is 0 Å². The Hall–Kier alpha value is -2.86. The lowest BCUT2D eigenvalue weighted by Crippen LogP contribution is -2.43. The van der Waals surface area contributed by atoms with Crippen molar-refractivity contribution in [3.8, 4) is 0 Å². The van der Waals surface area contributed by atoms with Gasteiger partial charge in [0.1, 0.15) is 5.52 Å². The Kier molecular flexibility index (Phi) is 4.72. The van der Waals surface area contributed by atoms with Gasteiger partial charge in [-0.1, -0.05) is 48.9 Å². The number of carbonyl (C=O) groups is 1. The Bertz CT molecular complexity index is 1020. The van der Waals surface area contributed by atoms with Gasteiger partial charge in [-0.05, 0) is 41.9 Å². The standard InChI is InChI=1S/C23H25N5O/c29-22(21-25-19-9-4-5-10-20(19)26-27-21)24-13-18-15-28(16-23(18)11-6-12-23)14-17-7-2-1-3-8-17/h1-5,7-10,18H,6,11-16H2,(H,24,29). The number of para-hydroxylation sites is 1. The number of likely N-dealkylation sites (tertiary alicyclic amines) is 1. The lowest BCUT2D eigenvalue weighted by Gasteiger charge is -2.43. The number of carbonyl (C=O) groups excluding carboxylic acids is 1. The molecular weight excluding hydrogens is 362 g/mol. The molecule has 2 fully saturated rings. The molecule has 1 aliphatic heterocycles. The Labute approximate surface area is 170 Å². The maximum atomic E-state index is 12.6. The summed E-state index contributed by atoms with van der Waals surface area (Å²) < 4.78 is 0. The molecule has 5 rings (SSSR count). The van der Waals surface area contributed by atoms with Crippen LogP contribution in [0.5, 0.6) is 0 Å². The summed E-state index contributed by atoms with van der Waals surface area (Å²) in [6.45, 7) is 3.79. The van der Waals surface area contributed by atoms with Crippen LogP contribution in [0.3, 0.4) is 0 Å². The number of rotatable bonds is 5. The monoisotopic (exact) mass is 387 g/mol. The fraction of sp³-hybridized carbons (Fsp3) is 0.391. The predicted octanol–water partition coefficient (Wildman–Crippen LogP) is 3.06. The summed E-state index contributed by atoms with van der Waals surface area (Å²) in [5, 5.41) is 11.2. The number of benzene rings is 2. The maximum Gasteiger partial charge on any atom is 0.291 e. The molecular formula is C23H25N5O. The summed E-state index contributed by atoms with van der Waals surface area (Å²) in [6.07, 6.45) is 3.81. The van der Waals surface area contributed by atoms with Gasteiger partial charge in [0.2, 0.25) is 5.82 Å². The Morgan fingerprint density at radius 2 is 1.79 bits per heavy atom. The Morgan fingerprint density at radius 1 is 1.03 bits per heavy atom. The molecule has 1 unspecified atom stereocenters. The van der Waals surface area contributed by atoms with Crippen LogP contribution in [0.1, 0.15) is 35.4 Å². The fourth-order valence-corrected chi connectivity index (χ4v) is 4.86. The molecule has 0 radical (unpaired) electrons. The molecule has 1 atom stereocenters. The van der Waals surface area contributed by atoms with Gasteiger partial charge in [-0.2, -0.15) is 0 Å². The zero-order chi connectivity index (χ0) is 19.7. The average molecular weight is 387 g/mol. The van der Waals surface area contributed by atoms with E-state index in [9.17, 15) is 4.79 Å². The summed E-state index contributed by atoms with van der Waals surface area (Å²) in [6, 6.07) is 18.1. The van der Waals surface area contributed by atoms with Gasteiger partial charge in [0.25, 0.3) is 5.91 Å². The molecule has 1 saturated carbocycles. The second-order valence-electron chi connectivity index (χ2n) is 8.40. The van der Waals surface area contributed by atoms with E-state index in [4.69, 9.17) is 0 Å². The van der Waals surface area contributed by atoms with E-state index < -0.39 is 0 Å². The predicted molar refractivity (Wildman–Crippen MR) is 111 cm³/mol. The lowest BCUT2D eigenvalue weighted by atomic mass is 9.63. The van der Waals surface area contributed by atoms with Crippen LogP contribution >= 0.6 is 0 Å². The van der Waals surface area contributed by atoms with E-state index in [0.717, 1.165) is 19.6 Å². The summed E-state index contributed by atoms with van der Waals surface area (Å²) in [5.41, 5.74) is 3.09. The van der Waals surface area contributed by atoms with Gasteiger partial charge in [-0.3, -0.25) is 9.69 Å². The number of hydrogen-bond acceptors (Lipinski definition) is 5. The largest absolute Gasteiger partial charge is 0.349 e. The molecule has 6 nitrogen and oxygen atoms in total. The first-order chi connectivity index (χ1) is 14.2. The van der Waals surface area contributed by atoms with Crippen molar-refractivity contribution in [3.05, 3.63) is 66.0 Å². The minimum Gasteiger partial charge on any atom is -0.349 e. The second-order valence-corrected chi connectivity index (χ2v) is 8.40. The summed E-state index contributed by atoms with van der Waals surface area (Å²) in [7, 11) is 0. The quantitative estimate of drug-likeness (QED) is 0.729. The summed E-state index contributed by atoms with van der Waals surface area (Å²) in [4.78, 5) is 19.6. The summed E-state index contributed by atoms with van der Waals surface area (Å²) in [5.74, 6) is 0.377.